The van der Waals surface area contributed by atoms with Crippen LogP contribution in [0.2, 0.25) is 0 Å². The van der Waals surface area contributed by atoms with E-state index in [1.54, 1.807) is 14.9 Å². The van der Waals surface area contributed by atoms with Gasteiger partial charge in [0.25, 0.3) is 5.91 Å². The van der Waals surface area contributed by atoms with Gasteiger partial charge in [-0.1, -0.05) is 145 Å². The topological polar surface area (TPSA) is 247 Å². The van der Waals surface area contributed by atoms with E-state index in [9.17, 15) is 29.4 Å². The van der Waals surface area contributed by atoms with Crippen LogP contribution in [0.3, 0.4) is 0 Å². The van der Waals surface area contributed by atoms with E-state index in [0.29, 0.717) is 103 Å². The molecule has 6 heterocycles. The Balaban J connectivity index is 0.000000182. The van der Waals surface area contributed by atoms with Crippen molar-refractivity contribution in [3.8, 4) is 5.75 Å². The number of nitrogens with zero attached hydrogens (tertiary/aromatic N) is 4. The summed E-state index contributed by atoms with van der Waals surface area (Å²) in [4.78, 5) is 66.1. The molecule has 94 heavy (non-hydrogen) atoms. The molecule has 10 unspecified atom stereocenters. The monoisotopic (exact) mass is 1370 g/mol. The Morgan fingerprint density at radius 3 is 1.40 bits per heavy atom. The molecule has 6 aliphatic heterocycles. The summed E-state index contributed by atoms with van der Waals surface area (Å²) in [7, 11) is 0. The summed E-state index contributed by atoms with van der Waals surface area (Å²) in [6, 6.07) is 36.1. The van der Waals surface area contributed by atoms with Crippen LogP contribution in [-0.4, -0.2) is 219 Å². The molecule has 514 valence electrons. The highest BCUT2D eigenvalue weighted by atomic mass is 79.9. The van der Waals surface area contributed by atoms with Crippen LogP contribution < -0.4 is 15.4 Å². The van der Waals surface area contributed by atoms with E-state index in [4.69, 9.17) is 52.3 Å². The number of alkyl carbamates (subject to hydrolysis) is 2. The van der Waals surface area contributed by atoms with Crippen molar-refractivity contribution < 1.29 is 81.7 Å². The number of amides is 4. The Labute approximate surface area is 560 Å². The molecule has 10 atom stereocenters. The van der Waals surface area contributed by atoms with Gasteiger partial charge in [0.05, 0.1) is 120 Å². The summed E-state index contributed by atoms with van der Waals surface area (Å²) >= 11 is 3.12. The maximum atomic E-state index is 13.2. The quantitative estimate of drug-likeness (QED) is 0.0361. The summed E-state index contributed by atoms with van der Waals surface area (Å²) in [6.45, 7) is 8.19. The van der Waals surface area contributed by atoms with Crippen molar-refractivity contribution in [1.29, 1.82) is 0 Å². The zero-order valence-electron chi connectivity index (χ0n) is 53.8. The van der Waals surface area contributed by atoms with Crippen molar-refractivity contribution in [2.75, 3.05) is 104 Å². The molecule has 8 fully saturated rings. The summed E-state index contributed by atoms with van der Waals surface area (Å²) < 4.78 is 50.2. The van der Waals surface area contributed by atoms with Gasteiger partial charge in [0, 0.05) is 39.3 Å². The van der Waals surface area contributed by atoms with Crippen LogP contribution in [0.5, 0.6) is 5.75 Å². The maximum absolute atomic E-state index is 13.2. The molecule has 0 bridgehead atoms. The highest BCUT2D eigenvalue weighted by Gasteiger charge is 2.46. The molecular formula is C70H95BrN6O17. The minimum Gasteiger partial charge on any atom is -0.484 e. The Kier molecular flexibility index (Phi) is 28.4. The number of hydroxylamine groups is 4. The number of carbonyl (C=O) groups is 4. The molecule has 4 aromatic carbocycles. The van der Waals surface area contributed by atoms with Gasteiger partial charge in [-0.3, -0.25) is 19.3 Å². The summed E-state index contributed by atoms with van der Waals surface area (Å²) in [5.41, 5.74) is 4.01. The van der Waals surface area contributed by atoms with Gasteiger partial charge in [0.15, 0.2) is 19.2 Å². The predicted molar refractivity (Wildman–Crippen MR) is 349 cm³/mol. The van der Waals surface area contributed by atoms with E-state index in [2.05, 4.69) is 38.7 Å². The second-order valence-electron chi connectivity index (χ2n) is 25.2. The molecule has 4 aromatic rings. The fraction of sp³-hybridized carbons (Fsp3) is 0.600. The number of nitrogens with one attached hydrogen (secondary N) is 2. The van der Waals surface area contributed by atoms with Gasteiger partial charge in [-0.05, 0) is 85.8 Å². The number of benzene rings is 4. The average molecular weight is 1370 g/mol. The zero-order valence-corrected chi connectivity index (χ0v) is 55.4. The van der Waals surface area contributed by atoms with Crippen LogP contribution >= 0.6 is 15.9 Å². The first-order valence-corrected chi connectivity index (χ1v) is 34.8. The standard InChI is InChI=1S/C35H47N3O9.C29H38N2O6.C6H10BrNO2/c39-31(30(20-25-7-2-1-3-8-25)36-35(41)46-32-23-45-34-29(32)13-16-43-34)22-38(47-27-10-4-5-11-27)21-26-9-6-12-28(19-26)44-24-33(40)37-14-17-42-18-15-37;32-26(19-31(37-23-13-7-8-14-23)18-22-11-5-2-6-12-22)25(17-21-9-3-1-4-10-21)30-29(33)36-27-20-35-28-24(27)15-16-34-28;7-5-6(9)8-1-3-10-4-2-8/h1-3,6-9,12,19,27,29-32,34,39H,4-5,10-11,13-18,20-24H2,(H,36,41);1-6,9-12,23-28,32H,7-8,13-20H2,(H,30,33);1-5H2. The van der Waals surface area contributed by atoms with E-state index in [0.717, 1.165) is 99.6 Å². The van der Waals surface area contributed by atoms with Gasteiger partial charge >= 0.3 is 12.2 Å². The van der Waals surface area contributed by atoms with Crippen LogP contribution in [0.25, 0.3) is 0 Å². The van der Waals surface area contributed by atoms with Gasteiger partial charge < -0.3 is 73.3 Å². The van der Waals surface area contributed by atoms with Crippen molar-refractivity contribution in [2.45, 2.75) is 151 Å². The Morgan fingerprint density at radius 1 is 0.521 bits per heavy atom. The number of ether oxygens (including phenoxy) is 9. The minimum atomic E-state index is -0.975. The molecule has 0 spiro atoms. The molecule has 4 N–H and O–H groups in total. The number of hydrogen-bond acceptors (Lipinski definition) is 19. The number of aliphatic hydroxyl groups is 2. The second kappa shape index (κ2) is 37.6. The molecule has 4 amide bonds. The van der Waals surface area contributed by atoms with Gasteiger partial charge in [0.2, 0.25) is 5.91 Å². The Morgan fingerprint density at radius 2 is 0.947 bits per heavy atom. The fourth-order valence-electron chi connectivity index (χ4n) is 13.1. The molecular weight excluding hydrogens is 1280 g/mol. The lowest BCUT2D eigenvalue weighted by atomic mass is 10.0. The molecule has 23 nitrogen and oxygen atoms in total. The van der Waals surface area contributed by atoms with Gasteiger partial charge in [0.1, 0.15) is 18.0 Å². The number of fused-ring (bicyclic) bond motifs is 2. The summed E-state index contributed by atoms with van der Waals surface area (Å²) in [5.74, 6) is 0.751. The Hall–Kier alpha value is -5.84. The van der Waals surface area contributed by atoms with Crippen molar-refractivity contribution >= 4 is 39.9 Å². The largest absolute Gasteiger partial charge is 0.484 e. The van der Waals surface area contributed by atoms with Crippen molar-refractivity contribution in [3.63, 3.8) is 0 Å². The number of carbonyl (C=O) groups excluding carboxylic acids is 4. The van der Waals surface area contributed by atoms with Crippen LogP contribution in [0.15, 0.2) is 115 Å². The van der Waals surface area contributed by atoms with Gasteiger partial charge in [-0.15, -0.1) is 0 Å². The van der Waals surface area contributed by atoms with E-state index in [1.165, 1.54) is 0 Å². The highest BCUT2D eigenvalue weighted by Crippen LogP contribution is 2.35. The third-order valence-corrected chi connectivity index (χ3v) is 18.7. The van der Waals surface area contributed by atoms with E-state index in [1.807, 2.05) is 108 Å². The van der Waals surface area contributed by atoms with E-state index < -0.39 is 42.6 Å². The average Bonchev–Trinajstić information content (AvgIpc) is 1.73. The lowest BCUT2D eigenvalue weighted by Crippen LogP contribution is -2.50. The smallest absolute Gasteiger partial charge is 0.407 e. The molecule has 24 heteroatoms. The first kappa shape index (κ1) is 70.9. The van der Waals surface area contributed by atoms with Crippen LogP contribution in [0.4, 0.5) is 9.59 Å². The first-order chi connectivity index (χ1) is 46.0. The molecule has 2 aliphatic carbocycles. The molecule has 0 radical (unpaired) electrons. The first-order valence-electron chi connectivity index (χ1n) is 33.7. The Bertz CT molecular complexity index is 2890. The lowest BCUT2D eigenvalue weighted by molar-refractivity contribution is -0.214. The summed E-state index contributed by atoms with van der Waals surface area (Å²) in [5, 5.41) is 33.0. The normalized spacial score (nSPS) is 24.1. The highest BCUT2D eigenvalue weighted by molar-refractivity contribution is 9.09. The molecule has 0 aromatic heterocycles. The maximum Gasteiger partial charge on any atom is 0.407 e. The lowest BCUT2D eigenvalue weighted by Gasteiger charge is -2.31. The molecule has 6 saturated heterocycles. The van der Waals surface area contributed by atoms with E-state index >= 15 is 0 Å². The summed E-state index contributed by atoms with van der Waals surface area (Å²) in [6.07, 6.45) is 6.81. The number of hydrogen-bond donors (Lipinski definition) is 4. The minimum absolute atomic E-state index is 0.0192. The second-order valence-corrected chi connectivity index (χ2v) is 25.7. The van der Waals surface area contributed by atoms with Crippen molar-refractivity contribution in [3.05, 3.63) is 138 Å². The van der Waals surface area contributed by atoms with Crippen LogP contribution in [0.1, 0.15) is 86.5 Å². The predicted octanol–water partition coefficient (Wildman–Crippen LogP) is 7.12. The zero-order chi connectivity index (χ0) is 65.3. The van der Waals surface area contributed by atoms with E-state index in [-0.39, 0.29) is 74.2 Å². The number of rotatable bonds is 26. The number of halogens is 1. The third kappa shape index (κ3) is 22.4. The van der Waals surface area contributed by atoms with Crippen LogP contribution in [0, 0.1) is 11.8 Å². The van der Waals surface area contributed by atoms with Crippen LogP contribution in [-0.2, 0) is 83.1 Å². The van der Waals surface area contributed by atoms with Gasteiger partial charge in [-0.2, -0.15) is 10.1 Å². The molecule has 2 saturated carbocycles. The third-order valence-electron chi connectivity index (χ3n) is 18.3. The van der Waals surface area contributed by atoms with Crippen molar-refractivity contribution in [2.24, 2.45) is 11.8 Å². The fourth-order valence-corrected chi connectivity index (χ4v) is 13.4. The SMILES string of the molecule is O=C(CBr)N1CCOCC1.O=C(NC(Cc1ccccc1)C(O)CN(Cc1cccc(OCC(=O)N2CCOCC2)c1)OC1CCCC1)OC1COC2OCCC12.O=C(NC(Cc1ccccc1)C(O)CN(Cc1ccccc1)OC1CCCC1)OC1COC2OCCC12. The van der Waals surface area contributed by atoms with Gasteiger partial charge in [-0.25, -0.2) is 9.59 Å². The number of aliphatic hydroxyl groups excluding tert-OH is 2. The number of alkyl halides is 1. The number of morpholine rings is 2. The molecule has 8 aliphatic rings. The molecule has 12 rings (SSSR count). The van der Waals surface area contributed by atoms with Crippen molar-refractivity contribution in [1.82, 2.24) is 30.6 Å².